The molecule has 4 nitrogen and oxygen atoms in total. The summed E-state index contributed by atoms with van der Waals surface area (Å²) in [5.41, 5.74) is 11.0. The highest BCUT2D eigenvalue weighted by Crippen LogP contribution is 2.35. The molecule has 0 atom stereocenters. The molecule has 0 aliphatic carbocycles. The normalized spacial score (nSPS) is 12.5. The minimum atomic E-state index is -2.01. The number of hydrogen-bond acceptors (Lipinski definition) is 2. The fourth-order valence-corrected chi connectivity index (χ4v) is 11.3. The molecule has 0 spiro atoms. The molecule has 51 heavy (non-hydrogen) atoms. The van der Waals surface area contributed by atoms with Crippen LogP contribution in [0.1, 0.15) is 11.1 Å². The summed E-state index contributed by atoms with van der Waals surface area (Å²) in [6.07, 6.45) is 4.68. The molecule has 0 fully saturated rings. The molecule has 2 aromatic heterocycles. The van der Waals surface area contributed by atoms with Gasteiger partial charge in [-0.05, 0) is 70.0 Å². The number of nitrogens with zero attached hydrogens (tertiary/aromatic N) is 4. The molecule has 0 saturated carbocycles. The summed E-state index contributed by atoms with van der Waals surface area (Å²) in [7, 11) is -2.01. The Bertz CT molecular complexity index is 2570. The first kappa shape index (κ1) is 29.4. The van der Waals surface area contributed by atoms with Gasteiger partial charge in [-0.3, -0.25) is 9.13 Å². The van der Waals surface area contributed by atoms with Crippen molar-refractivity contribution in [1.29, 1.82) is 0 Å². The summed E-state index contributed by atoms with van der Waals surface area (Å²) in [5.74, 6) is 1.89. The van der Waals surface area contributed by atoms with Crippen molar-refractivity contribution in [2.45, 2.75) is 0 Å². The molecule has 240 valence electrons. The summed E-state index contributed by atoms with van der Waals surface area (Å²) in [6, 6.07) is 62.8. The van der Waals surface area contributed by atoms with Crippen molar-refractivity contribution < 1.29 is 0 Å². The maximum Gasteiger partial charge on any atom is 0.146 e. The van der Waals surface area contributed by atoms with Gasteiger partial charge in [0.2, 0.25) is 0 Å². The van der Waals surface area contributed by atoms with E-state index < -0.39 is 8.80 Å². The van der Waals surface area contributed by atoms with Gasteiger partial charge in [0.25, 0.3) is 0 Å². The average molecular weight is 669 g/mol. The lowest BCUT2D eigenvalue weighted by Gasteiger charge is -2.22. The van der Waals surface area contributed by atoms with Crippen LogP contribution in [0.3, 0.4) is 0 Å². The van der Waals surface area contributed by atoms with Gasteiger partial charge < -0.3 is 0 Å². The lowest BCUT2D eigenvalue weighted by Crippen LogP contribution is -2.53. The first-order valence-corrected chi connectivity index (χ1v) is 19.1. The predicted octanol–water partition coefficient (Wildman–Crippen LogP) is 8.43. The Morgan fingerprint density at radius 1 is 0.373 bits per heavy atom. The van der Waals surface area contributed by atoms with E-state index in [0.29, 0.717) is 0 Å². The highest BCUT2D eigenvalue weighted by atomic mass is 28.3. The highest BCUT2D eigenvalue weighted by molar-refractivity contribution is 6.96. The fraction of sp³-hybridized carbons (Fsp3) is 0. The number of fused-ring (bicyclic) bond motifs is 4. The van der Waals surface area contributed by atoms with Crippen molar-refractivity contribution in [2.75, 3.05) is 0 Å². The maximum absolute atomic E-state index is 5.31. The average Bonchev–Trinajstić information content (AvgIpc) is 3.72. The van der Waals surface area contributed by atoms with Gasteiger partial charge in [-0.25, -0.2) is 9.97 Å². The lowest BCUT2D eigenvalue weighted by molar-refractivity contribution is 1.10. The Balaban J connectivity index is 1.25. The largest absolute Gasteiger partial charge is 0.292 e. The number of para-hydroxylation sites is 6. The minimum absolute atomic E-state index is 0.946. The lowest BCUT2D eigenvalue weighted by atomic mass is 10.0. The second kappa shape index (κ2) is 12.1. The Morgan fingerprint density at radius 2 is 0.784 bits per heavy atom. The highest BCUT2D eigenvalue weighted by Gasteiger charge is 2.30. The monoisotopic (exact) mass is 668 g/mol. The van der Waals surface area contributed by atoms with Gasteiger partial charge in [0.15, 0.2) is 0 Å². The molecule has 10 rings (SSSR count). The molecule has 0 N–H and O–H groups in total. The zero-order valence-electron chi connectivity index (χ0n) is 27.8. The van der Waals surface area contributed by atoms with Crippen LogP contribution < -0.4 is 15.6 Å². The zero-order valence-corrected chi connectivity index (χ0v) is 28.9. The molecule has 0 bridgehead atoms. The Morgan fingerprint density at radius 3 is 1.25 bits per heavy atom. The third-order valence-electron chi connectivity index (χ3n) is 10.1. The summed E-state index contributed by atoms with van der Waals surface area (Å²) in [6.45, 7) is 0. The number of aromatic nitrogens is 4. The molecule has 3 heterocycles. The van der Waals surface area contributed by atoms with E-state index in [-0.39, 0.29) is 0 Å². The zero-order chi connectivity index (χ0) is 33.7. The van der Waals surface area contributed by atoms with E-state index in [0.717, 1.165) is 56.2 Å². The van der Waals surface area contributed by atoms with Gasteiger partial charge >= 0.3 is 0 Å². The van der Waals surface area contributed by atoms with Crippen LogP contribution in [-0.2, 0) is 0 Å². The Hall–Kier alpha value is -6.56. The third kappa shape index (κ3) is 4.82. The van der Waals surface area contributed by atoms with Crippen LogP contribution in [0.15, 0.2) is 176 Å². The van der Waals surface area contributed by atoms with Crippen LogP contribution in [-0.4, -0.2) is 27.9 Å². The quantitative estimate of drug-likeness (QED) is 0.173. The standard InChI is InChI=1S/C46H32N4Si/c1-4-16-32(17-5-1)49-41-26-12-10-24-39(41)47-45(49)37-22-14-28-43-35(37)30-31-36-38(23-15-29-44(36)51(43)34-20-8-3-9-21-34)46-48-40-25-11-13-27-42(40)50(46)33-18-6-2-7-19-33/h1-31,51H. The van der Waals surface area contributed by atoms with E-state index >= 15 is 0 Å². The van der Waals surface area contributed by atoms with Gasteiger partial charge in [-0.2, -0.15) is 0 Å². The molecule has 0 saturated heterocycles. The predicted molar refractivity (Wildman–Crippen MR) is 214 cm³/mol. The fourth-order valence-electron chi connectivity index (χ4n) is 7.86. The molecule has 5 heteroatoms. The Labute approximate surface area is 297 Å². The van der Waals surface area contributed by atoms with Gasteiger partial charge in [0.05, 0.1) is 22.1 Å². The van der Waals surface area contributed by atoms with Crippen LogP contribution in [0.2, 0.25) is 0 Å². The van der Waals surface area contributed by atoms with Crippen molar-refractivity contribution in [3.8, 4) is 34.2 Å². The van der Waals surface area contributed by atoms with E-state index in [4.69, 9.17) is 9.97 Å². The molecule has 1 aliphatic heterocycles. The van der Waals surface area contributed by atoms with Crippen molar-refractivity contribution in [3.05, 3.63) is 187 Å². The topological polar surface area (TPSA) is 35.6 Å². The van der Waals surface area contributed by atoms with E-state index in [1.54, 1.807) is 0 Å². The molecular formula is C46H32N4Si. The first-order valence-electron chi connectivity index (χ1n) is 17.4. The van der Waals surface area contributed by atoms with Crippen molar-refractivity contribution >= 4 is 58.6 Å². The number of rotatable bonds is 5. The van der Waals surface area contributed by atoms with Crippen molar-refractivity contribution in [1.82, 2.24) is 19.1 Å². The van der Waals surface area contributed by atoms with Crippen molar-refractivity contribution in [2.24, 2.45) is 0 Å². The first-order chi connectivity index (χ1) is 25.3. The molecule has 0 amide bonds. The SMILES string of the molecule is C1=Cc2c(-c3nc4ccccc4n3-c3ccccc3)cccc2[SiH](c2ccccc2)c2cccc(-c3nc4ccccc4n3-c3ccccc3)c21. The molecule has 7 aromatic carbocycles. The van der Waals surface area contributed by atoms with Gasteiger partial charge in [0, 0.05) is 22.5 Å². The molecule has 1 aliphatic rings. The molecule has 9 aromatic rings. The number of hydrogen-bond donors (Lipinski definition) is 0. The van der Waals surface area contributed by atoms with E-state index in [1.165, 1.54) is 26.7 Å². The molecule has 0 unspecified atom stereocenters. The van der Waals surface area contributed by atoms with Crippen LogP contribution in [0.5, 0.6) is 0 Å². The summed E-state index contributed by atoms with van der Waals surface area (Å²) in [4.78, 5) is 10.6. The number of imidazole rings is 2. The van der Waals surface area contributed by atoms with Crippen LogP contribution in [0.25, 0.3) is 68.4 Å². The van der Waals surface area contributed by atoms with Gasteiger partial charge in [-0.15, -0.1) is 0 Å². The van der Waals surface area contributed by atoms with Crippen LogP contribution in [0, 0.1) is 0 Å². The summed E-state index contributed by atoms with van der Waals surface area (Å²) in [5, 5.41) is 4.15. The number of benzene rings is 7. The molecular weight excluding hydrogens is 637 g/mol. The second-order valence-electron chi connectivity index (χ2n) is 13.0. The van der Waals surface area contributed by atoms with E-state index in [9.17, 15) is 0 Å². The third-order valence-corrected chi connectivity index (χ3v) is 13.4. The second-order valence-corrected chi connectivity index (χ2v) is 15.8. The van der Waals surface area contributed by atoms with Crippen molar-refractivity contribution in [3.63, 3.8) is 0 Å². The molecule has 0 radical (unpaired) electrons. The van der Waals surface area contributed by atoms with Gasteiger partial charge in [-0.1, -0.05) is 145 Å². The summed E-state index contributed by atoms with van der Waals surface area (Å²) >= 11 is 0. The van der Waals surface area contributed by atoms with Crippen LogP contribution in [0.4, 0.5) is 0 Å². The van der Waals surface area contributed by atoms with E-state index in [1.807, 2.05) is 0 Å². The smallest absolute Gasteiger partial charge is 0.146 e. The maximum atomic E-state index is 5.31. The Kier molecular flexibility index (Phi) is 6.96. The minimum Gasteiger partial charge on any atom is -0.292 e. The van der Waals surface area contributed by atoms with Gasteiger partial charge in [0.1, 0.15) is 20.4 Å². The van der Waals surface area contributed by atoms with E-state index in [2.05, 4.69) is 197 Å². The summed E-state index contributed by atoms with van der Waals surface area (Å²) < 4.78 is 4.62. The van der Waals surface area contributed by atoms with Crippen LogP contribution >= 0.6 is 0 Å².